The molecule has 9 heteroatoms. The highest BCUT2D eigenvalue weighted by Gasteiger charge is 2.53. The summed E-state index contributed by atoms with van der Waals surface area (Å²) in [5.41, 5.74) is 18.4. The minimum Gasteiger partial charge on any atom is -0.391 e. The normalized spacial score (nSPS) is 21.5. The highest BCUT2D eigenvalue weighted by molar-refractivity contribution is 5.96. The lowest BCUT2D eigenvalue weighted by atomic mass is 10.0. The Balaban J connectivity index is 2.38. The van der Waals surface area contributed by atoms with E-state index in [0.29, 0.717) is 45.1 Å². The molecule has 1 aliphatic rings. The van der Waals surface area contributed by atoms with E-state index in [-0.39, 0.29) is 0 Å². The Morgan fingerprint density at radius 3 is 2.38 bits per heavy atom. The van der Waals surface area contributed by atoms with Gasteiger partial charge in [-0.15, -0.1) is 0 Å². The van der Waals surface area contributed by atoms with E-state index in [9.17, 15) is 19.5 Å². The lowest BCUT2D eigenvalue weighted by Crippen LogP contribution is -2.55. The Kier molecular flexibility index (Phi) is 9.61. The molecule has 1 aliphatic heterocycles. The van der Waals surface area contributed by atoms with E-state index in [1.807, 2.05) is 37.3 Å². The first-order valence-electron chi connectivity index (χ1n) is 11.4. The third-order valence-electron chi connectivity index (χ3n) is 5.92. The van der Waals surface area contributed by atoms with Gasteiger partial charge in [-0.05, 0) is 51.1 Å². The molecule has 2 unspecified atom stereocenters. The molecule has 0 aliphatic carbocycles. The van der Waals surface area contributed by atoms with Crippen molar-refractivity contribution in [1.29, 1.82) is 0 Å². The number of carbonyl (C=O) groups is 3. The maximum absolute atomic E-state index is 13.5. The number of primary amides is 1. The number of nitrogens with zero attached hydrogens (tertiary/aromatic N) is 2. The molecule has 1 heterocycles. The predicted molar refractivity (Wildman–Crippen MR) is 122 cm³/mol. The van der Waals surface area contributed by atoms with Crippen LogP contribution in [0.3, 0.4) is 0 Å². The van der Waals surface area contributed by atoms with Crippen LogP contribution in [0, 0.1) is 0 Å². The smallest absolute Gasteiger partial charge is 0.250 e. The van der Waals surface area contributed by atoms with Crippen LogP contribution in [0.2, 0.25) is 0 Å². The van der Waals surface area contributed by atoms with E-state index in [4.69, 9.17) is 17.2 Å². The molecule has 2 rings (SSSR count). The van der Waals surface area contributed by atoms with Gasteiger partial charge in [0.25, 0.3) is 0 Å². The van der Waals surface area contributed by atoms with Crippen molar-refractivity contribution in [3.05, 3.63) is 35.9 Å². The number of benzene rings is 1. The van der Waals surface area contributed by atoms with E-state index in [1.54, 1.807) is 0 Å². The van der Waals surface area contributed by atoms with Gasteiger partial charge >= 0.3 is 0 Å². The Morgan fingerprint density at radius 2 is 1.84 bits per heavy atom. The average molecular weight is 448 g/mol. The van der Waals surface area contributed by atoms with Crippen LogP contribution in [0.5, 0.6) is 0 Å². The van der Waals surface area contributed by atoms with Gasteiger partial charge in [-0.3, -0.25) is 14.4 Å². The van der Waals surface area contributed by atoms with Crippen LogP contribution in [-0.2, 0) is 20.8 Å². The first kappa shape index (κ1) is 25.8. The molecule has 0 bridgehead atoms. The number of amides is 3. The van der Waals surface area contributed by atoms with Crippen LogP contribution in [0.4, 0.5) is 0 Å². The van der Waals surface area contributed by atoms with Gasteiger partial charge in [-0.2, -0.15) is 0 Å². The lowest BCUT2D eigenvalue weighted by molar-refractivity contribution is -0.140. The van der Waals surface area contributed by atoms with Crippen LogP contribution in [0.1, 0.15) is 51.5 Å². The van der Waals surface area contributed by atoms with Gasteiger partial charge in [0.05, 0.1) is 12.1 Å². The van der Waals surface area contributed by atoms with Crippen molar-refractivity contribution in [2.24, 2.45) is 17.2 Å². The molecule has 1 aromatic rings. The zero-order valence-corrected chi connectivity index (χ0v) is 19.0. The zero-order valence-electron chi connectivity index (χ0n) is 19.0. The summed E-state index contributed by atoms with van der Waals surface area (Å²) in [6.07, 6.45) is 1.23. The summed E-state index contributed by atoms with van der Waals surface area (Å²) in [4.78, 5) is 42.0. The summed E-state index contributed by atoms with van der Waals surface area (Å²) < 4.78 is 0. The van der Waals surface area contributed by atoms with Crippen molar-refractivity contribution in [1.82, 2.24) is 9.80 Å². The summed E-state index contributed by atoms with van der Waals surface area (Å²) in [6.45, 7) is 3.86. The number of carbonyl (C=O) groups excluding carboxylic acids is 3. The topological polar surface area (TPSA) is 156 Å². The first-order chi connectivity index (χ1) is 15.2. The monoisotopic (exact) mass is 447 g/mol. The van der Waals surface area contributed by atoms with Crippen LogP contribution < -0.4 is 17.2 Å². The maximum atomic E-state index is 13.5. The van der Waals surface area contributed by atoms with E-state index < -0.39 is 48.1 Å². The van der Waals surface area contributed by atoms with Crippen molar-refractivity contribution < 1.29 is 19.5 Å². The molecule has 1 saturated heterocycles. The van der Waals surface area contributed by atoms with Crippen LogP contribution in [-0.4, -0.2) is 69.6 Å². The van der Waals surface area contributed by atoms with Crippen molar-refractivity contribution in [3.63, 3.8) is 0 Å². The number of nitrogens with two attached hydrogens (primary N) is 3. The summed E-state index contributed by atoms with van der Waals surface area (Å²) in [7, 11) is 0. The van der Waals surface area contributed by atoms with Gasteiger partial charge in [0.2, 0.25) is 17.7 Å². The van der Waals surface area contributed by atoms with E-state index >= 15 is 0 Å². The third-order valence-corrected chi connectivity index (χ3v) is 5.92. The average Bonchev–Trinajstić information content (AvgIpc) is 3.03. The Hall–Kier alpha value is -2.49. The minimum atomic E-state index is -1.13. The largest absolute Gasteiger partial charge is 0.391 e. The van der Waals surface area contributed by atoms with Crippen LogP contribution in [0.15, 0.2) is 30.3 Å². The van der Waals surface area contributed by atoms with Crippen molar-refractivity contribution in [2.45, 2.75) is 82.8 Å². The van der Waals surface area contributed by atoms with E-state index in [1.165, 1.54) is 16.7 Å². The van der Waals surface area contributed by atoms with Gasteiger partial charge in [0.15, 0.2) is 0 Å². The second-order valence-electron chi connectivity index (χ2n) is 8.44. The first-order valence-corrected chi connectivity index (χ1v) is 11.4. The van der Waals surface area contributed by atoms with E-state index in [2.05, 4.69) is 0 Å². The molecule has 0 spiro atoms. The molecule has 9 nitrogen and oxygen atoms in total. The second-order valence-corrected chi connectivity index (χ2v) is 8.44. The molecule has 32 heavy (non-hydrogen) atoms. The van der Waals surface area contributed by atoms with Gasteiger partial charge in [0.1, 0.15) is 18.2 Å². The standard InChI is InChI=1S/C23H37N5O4/c1-3-9-19-27(18(21(26)30)12-7-8-13-24)23(32)20(15(2)29)28(19)22(31)17(25)14-16-10-5-4-6-11-16/h4-6,10-11,15,17-20,29H,3,7-9,12-14,24-25H2,1-2H3,(H2,26,30)/t15?,17-,18-,19?,20-/m0/s1. The number of unbranched alkanes of at least 4 members (excludes halogenated alkanes) is 1. The third kappa shape index (κ3) is 5.85. The fraction of sp³-hybridized carbons (Fsp3) is 0.609. The molecule has 7 N–H and O–H groups in total. The molecule has 0 aromatic heterocycles. The number of rotatable bonds is 12. The molecule has 0 radical (unpaired) electrons. The van der Waals surface area contributed by atoms with Crippen molar-refractivity contribution in [2.75, 3.05) is 6.54 Å². The van der Waals surface area contributed by atoms with Gasteiger partial charge in [0, 0.05) is 0 Å². The second kappa shape index (κ2) is 11.9. The zero-order chi connectivity index (χ0) is 23.8. The summed E-state index contributed by atoms with van der Waals surface area (Å²) in [6, 6.07) is 6.48. The molecule has 0 saturated carbocycles. The quantitative estimate of drug-likeness (QED) is 0.333. The maximum Gasteiger partial charge on any atom is 0.250 e. The molecule has 5 atom stereocenters. The SMILES string of the molecule is CCCC1N(C(=O)[C@@H](N)Cc2ccccc2)[C@@H](C(C)O)C(=O)N1[C@@H](CCCCN)C(N)=O. The minimum absolute atomic E-state index is 0.297. The molecule has 1 aromatic carbocycles. The Labute approximate surface area is 189 Å². The molecule has 1 fully saturated rings. The Bertz CT molecular complexity index is 773. The fourth-order valence-corrected chi connectivity index (χ4v) is 4.41. The Morgan fingerprint density at radius 1 is 1.19 bits per heavy atom. The summed E-state index contributed by atoms with van der Waals surface area (Å²) >= 11 is 0. The summed E-state index contributed by atoms with van der Waals surface area (Å²) in [5.74, 6) is -1.54. The summed E-state index contributed by atoms with van der Waals surface area (Å²) in [5, 5.41) is 10.4. The molecule has 3 amide bonds. The van der Waals surface area contributed by atoms with Crippen LogP contribution >= 0.6 is 0 Å². The van der Waals surface area contributed by atoms with Gasteiger partial charge in [-0.25, -0.2) is 0 Å². The number of hydrogen-bond donors (Lipinski definition) is 4. The molecular weight excluding hydrogens is 410 g/mol. The van der Waals surface area contributed by atoms with Gasteiger partial charge in [-0.1, -0.05) is 43.7 Å². The molecule has 178 valence electrons. The number of aliphatic hydroxyl groups excluding tert-OH is 1. The lowest BCUT2D eigenvalue weighted by Gasteiger charge is -2.36. The fourth-order valence-electron chi connectivity index (χ4n) is 4.41. The molecular formula is C23H37N5O4. The number of hydrogen-bond acceptors (Lipinski definition) is 6. The predicted octanol–water partition coefficient (Wildman–Crippen LogP) is 0.0857. The van der Waals surface area contributed by atoms with E-state index in [0.717, 1.165) is 5.56 Å². The highest BCUT2D eigenvalue weighted by Crippen LogP contribution is 2.31. The van der Waals surface area contributed by atoms with Gasteiger partial charge < -0.3 is 32.1 Å². The highest BCUT2D eigenvalue weighted by atomic mass is 16.3. The number of aliphatic hydroxyl groups is 1. The van der Waals surface area contributed by atoms with Crippen molar-refractivity contribution >= 4 is 17.7 Å². The van der Waals surface area contributed by atoms with Crippen LogP contribution in [0.25, 0.3) is 0 Å². The van der Waals surface area contributed by atoms with Crippen molar-refractivity contribution in [3.8, 4) is 0 Å².